The monoisotopic (exact) mass is 128 g/mol. The minimum absolute atomic E-state index is 1.05. The first-order valence-corrected chi connectivity index (χ1v) is 3.44. The maximum Gasteiger partial charge on any atom is 0.162 e. The first-order chi connectivity index (χ1) is 2.81. The minimum Gasteiger partial charge on any atom is -0.266 e. The van der Waals surface area contributed by atoms with Gasteiger partial charge in [0, 0.05) is 0 Å². The van der Waals surface area contributed by atoms with E-state index in [1.807, 2.05) is 0 Å². The quantitative estimate of drug-likeness (QED) is 0.227. The van der Waals surface area contributed by atoms with Gasteiger partial charge in [0.05, 0.1) is 0 Å². The molecule has 0 amide bonds. The second-order valence-corrected chi connectivity index (χ2v) is 2.63. The highest BCUT2D eigenvalue weighted by Crippen LogP contribution is 2.25. The van der Waals surface area contributed by atoms with Gasteiger partial charge in [-0.25, -0.2) is 10.4 Å². The Morgan fingerprint density at radius 1 is 1.33 bits per heavy atom. The van der Waals surface area contributed by atoms with Crippen LogP contribution in [-0.2, 0) is 0 Å². The lowest BCUT2D eigenvalue weighted by molar-refractivity contribution is 1.02. The van der Waals surface area contributed by atoms with Crippen molar-refractivity contribution in [1.29, 1.82) is 0 Å². The molecule has 0 saturated carbocycles. The van der Waals surface area contributed by atoms with E-state index >= 15 is 0 Å². The van der Waals surface area contributed by atoms with Crippen molar-refractivity contribution in [1.82, 2.24) is 10.4 Å². The average molecular weight is 129 g/mol. The van der Waals surface area contributed by atoms with Gasteiger partial charge >= 0.3 is 0 Å². The topological polar surface area (TPSA) is 76.1 Å². The summed E-state index contributed by atoms with van der Waals surface area (Å²) in [4.78, 5) is 0. The molecule has 0 bridgehead atoms. The van der Waals surface area contributed by atoms with Gasteiger partial charge in [0.25, 0.3) is 0 Å². The molecule has 0 aromatic carbocycles. The van der Waals surface area contributed by atoms with Crippen molar-refractivity contribution < 1.29 is 0 Å². The van der Waals surface area contributed by atoms with Crippen LogP contribution in [0.3, 0.4) is 0 Å². The summed E-state index contributed by atoms with van der Waals surface area (Å²) in [6.45, 7) is 0. The Balaban J connectivity index is 2.75. The van der Waals surface area contributed by atoms with Crippen LogP contribution in [0.4, 0.5) is 0 Å². The predicted octanol–water partition coefficient (Wildman–Crippen LogP) is -0.621. The zero-order chi connectivity index (χ0) is 4.99. The van der Waals surface area contributed by atoms with Gasteiger partial charge in [0.2, 0.25) is 0 Å². The molecule has 0 aliphatic heterocycles. The lowest BCUT2D eigenvalue weighted by Crippen LogP contribution is -2.25. The smallest absolute Gasteiger partial charge is 0.162 e. The molecule has 6 heavy (non-hydrogen) atoms. The van der Waals surface area contributed by atoms with E-state index in [4.69, 9.17) is 22.9 Å². The minimum atomic E-state index is -1.05. The third-order valence-corrected chi connectivity index (χ3v) is 1.27. The summed E-state index contributed by atoms with van der Waals surface area (Å²) in [5.41, 5.74) is 0. The van der Waals surface area contributed by atoms with Gasteiger partial charge in [-0.05, 0) is 0 Å². The molecular formula is H6ClN4P. The van der Waals surface area contributed by atoms with Crippen LogP contribution in [0.5, 0.6) is 0 Å². The summed E-state index contributed by atoms with van der Waals surface area (Å²) in [5.74, 6) is 9.57. The van der Waals surface area contributed by atoms with Gasteiger partial charge in [-0.2, -0.15) is 0 Å². The van der Waals surface area contributed by atoms with E-state index in [9.17, 15) is 0 Å². The van der Waals surface area contributed by atoms with Crippen molar-refractivity contribution >= 4 is 18.8 Å². The van der Waals surface area contributed by atoms with Crippen LogP contribution >= 0.6 is 18.8 Å². The van der Waals surface area contributed by atoms with Crippen LogP contribution in [0.2, 0.25) is 0 Å². The predicted molar refractivity (Wildman–Crippen MR) is 27.4 cm³/mol. The molecule has 0 heterocycles. The summed E-state index contributed by atoms with van der Waals surface area (Å²) < 4.78 is 0. The van der Waals surface area contributed by atoms with Gasteiger partial charge < -0.3 is 0 Å². The summed E-state index contributed by atoms with van der Waals surface area (Å²) in [5, 5.41) is 4.42. The van der Waals surface area contributed by atoms with E-state index in [1.165, 1.54) is 0 Å². The first-order valence-electron chi connectivity index (χ1n) is 1.19. The second-order valence-electron chi connectivity index (χ2n) is 0.539. The van der Waals surface area contributed by atoms with Crippen LogP contribution in [0.1, 0.15) is 0 Å². The van der Waals surface area contributed by atoms with E-state index in [0.29, 0.717) is 0 Å². The molecule has 0 radical (unpaired) electrons. The third-order valence-electron chi connectivity index (χ3n) is 0.227. The summed E-state index contributed by atoms with van der Waals surface area (Å²) in [6, 6.07) is 0. The molecule has 38 valence electrons. The van der Waals surface area contributed by atoms with Crippen LogP contribution in [0.15, 0.2) is 0 Å². The number of nitrogens with two attached hydrogens (primary N) is 2. The number of hydrogen-bond acceptors (Lipinski definition) is 4. The Labute approximate surface area is 41.8 Å². The van der Waals surface area contributed by atoms with E-state index in [2.05, 4.69) is 10.4 Å². The normalized spacial score (nSPS) is 10.0. The van der Waals surface area contributed by atoms with Crippen molar-refractivity contribution in [3.05, 3.63) is 0 Å². The van der Waals surface area contributed by atoms with Gasteiger partial charge in [0.1, 0.15) is 0 Å². The van der Waals surface area contributed by atoms with Crippen molar-refractivity contribution in [3.8, 4) is 0 Å². The largest absolute Gasteiger partial charge is 0.266 e. The van der Waals surface area contributed by atoms with E-state index in [0.717, 1.165) is 0 Å². The fraction of sp³-hybridized carbons (Fsp3) is 0. The Bertz CT molecular complexity index is 26.7. The van der Waals surface area contributed by atoms with Gasteiger partial charge in [-0.1, -0.05) is 11.2 Å². The molecule has 0 aliphatic carbocycles. The van der Waals surface area contributed by atoms with Crippen molar-refractivity contribution in [2.24, 2.45) is 11.7 Å². The Kier molecular flexibility index (Phi) is 4.09. The molecule has 0 rings (SSSR count). The molecule has 0 aliphatic rings. The van der Waals surface area contributed by atoms with Gasteiger partial charge in [-0.3, -0.25) is 11.7 Å². The molecule has 0 fully saturated rings. The number of halogens is 1. The fourth-order valence-corrected chi connectivity index (χ4v) is 0.112. The lowest BCUT2D eigenvalue weighted by Gasteiger charge is -2.00. The fourth-order valence-electron chi connectivity index (χ4n) is 0.0373. The van der Waals surface area contributed by atoms with Crippen molar-refractivity contribution in [2.75, 3.05) is 0 Å². The van der Waals surface area contributed by atoms with Gasteiger partial charge in [-0.15, -0.1) is 0 Å². The van der Waals surface area contributed by atoms with Crippen LogP contribution in [-0.4, -0.2) is 0 Å². The number of rotatable bonds is 2. The maximum atomic E-state index is 5.24. The Hall–Kier alpha value is 0.560. The number of hydrogen-bond donors (Lipinski definition) is 4. The maximum absolute atomic E-state index is 5.24. The first kappa shape index (κ1) is 6.56. The molecule has 0 spiro atoms. The SMILES string of the molecule is NNP(Cl)NN. The highest BCUT2D eigenvalue weighted by Gasteiger charge is 1.90. The lowest BCUT2D eigenvalue weighted by atomic mass is 12.9. The molecule has 4 nitrogen and oxygen atoms in total. The summed E-state index contributed by atoms with van der Waals surface area (Å²) in [7, 11) is -1.05. The molecule has 0 saturated heterocycles. The molecule has 0 atom stereocenters. The average Bonchev–Trinajstić information content (AvgIpc) is 1.65. The molecular weight excluding hydrogens is 122 g/mol. The zero-order valence-corrected chi connectivity index (χ0v) is 4.63. The second kappa shape index (κ2) is 3.74. The standard InChI is InChI=1S/ClH6N4P/c1-6(4-2)5-3/h4-5H,2-3H2. The summed E-state index contributed by atoms with van der Waals surface area (Å²) >= 11 is 5.24. The van der Waals surface area contributed by atoms with Crippen molar-refractivity contribution in [3.63, 3.8) is 0 Å². The number of nitrogens with one attached hydrogen (secondary N) is 2. The van der Waals surface area contributed by atoms with Crippen LogP contribution in [0.25, 0.3) is 0 Å². The van der Waals surface area contributed by atoms with Gasteiger partial charge in [0.15, 0.2) is 7.58 Å². The molecule has 6 N–H and O–H groups in total. The van der Waals surface area contributed by atoms with E-state index in [-0.39, 0.29) is 0 Å². The van der Waals surface area contributed by atoms with Crippen LogP contribution in [0, 0.1) is 0 Å². The highest BCUT2D eigenvalue weighted by atomic mass is 35.7. The summed E-state index contributed by atoms with van der Waals surface area (Å²) in [6.07, 6.45) is 0. The van der Waals surface area contributed by atoms with Crippen molar-refractivity contribution in [2.45, 2.75) is 0 Å². The van der Waals surface area contributed by atoms with E-state index < -0.39 is 7.58 Å². The number of hydrazine groups is 2. The highest BCUT2D eigenvalue weighted by molar-refractivity contribution is 7.80. The molecule has 0 aromatic rings. The Morgan fingerprint density at radius 3 is 1.67 bits per heavy atom. The molecule has 6 heteroatoms. The zero-order valence-electron chi connectivity index (χ0n) is 2.98. The van der Waals surface area contributed by atoms with Crippen LogP contribution < -0.4 is 22.1 Å². The Morgan fingerprint density at radius 2 is 1.67 bits per heavy atom. The van der Waals surface area contributed by atoms with E-state index in [1.54, 1.807) is 0 Å². The molecule has 0 aromatic heterocycles. The molecule has 0 unspecified atom stereocenters. The third kappa shape index (κ3) is 2.78.